The number of hydrogen-bond acceptors (Lipinski definition) is 2. The Balaban J connectivity index is -0.0000000800. The first-order chi connectivity index (χ1) is 2.41. The van der Waals surface area contributed by atoms with E-state index in [1.54, 1.807) is 12.1 Å². The number of nitriles is 2. The Morgan fingerprint density at radius 3 is 1.67 bits per heavy atom. The van der Waals surface area contributed by atoms with Crippen LogP contribution >= 0.6 is 0 Å². The summed E-state index contributed by atoms with van der Waals surface area (Å²) in [6, 6.07) is 3.31. The Kier molecular flexibility index (Phi) is 13.9. The van der Waals surface area contributed by atoms with Gasteiger partial charge in [0.15, 0.2) is 0 Å². The molecule has 0 amide bonds. The van der Waals surface area contributed by atoms with Crippen LogP contribution in [0.15, 0.2) is 0 Å². The van der Waals surface area contributed by atoms with E-state index in [2.05, 4.69) is 0 Å². The van der Waals surface area contributed by atoms with Gasteiger partial charge in [-0.25, -0.2) is 0 Å². The topological polar surface area (TPSA) is 47.6 Å². The number of rotatable bonds is 0. The standard InChI is InChI=1S/C3H2N2.Na.H/c4-2-1-3-5;;/h1H2;;/q;+1;-1. The molecular weight excluding hydrogens is 87.0 g/mol. The van der Waals surface area contributed by atoms with Crippen LogP contribution in [0.3, 0.4) is 0 Å². The molecule has 0 heterocycles. The second-order valence-electron chi connectivity index (χ2n) is 0.493. The van der Waals surface area contributed by atoms with Crippen molar-refractivity contribution in [1.29, 1.82) is 10.5 Å². The Bertz CT molecular complexity index is 78.1. The van der Waals surface area contributed by atoms with Crippen LogP contribution in [0.2, 0.25) is 0 Å². The fraction of sp³-hybridized carbons (Fsp3) is 0.333. The molecule has 0 atom stereocenters. The van der Waals surface area contributed by atoms with Crippen LogP contribution in [0.25, 0.3) is 0 Å². The molecule has 6 heavy (non-hydrogen) atoms. The van der Waals surface area contributed by atoms with Gasteiger partial charge in [-0.2, -0.15) is 10.5 Å². The Labute approximate surface area is 60.2 Å². The van der Waals surface area contributed by atoms with Gasteiger partial charge in [0.2, 0.25) is 0 Å². The molecule has 0 spiro atoms. The van der Waals surface area contributed by atoms with Crippen LogP contribution in [0.4, 0.5) is 0 Å². The minimum atomic E-state index is 0. The second-order valence-corrected chi connectivity index (χ2v) is 0.493. The Morgan fingerprint density at radius 1 is 1.33 bits per heavy atom. The summed E-state index contributed by atoms with van der Waals surface area (Å²) in [6.07, 6.45) is 0. The minimum absolute atomic E-state index is 0. The number of nitrogens with zero attached hydrogens (tertiary/aromatic N) is 2. The zero-order valence-electron chi connectivity index (χ0n) is 4.60. The van der Waals surface area contributed by atoms with E-state index in [1.165, 1.54) is 0 Å². The zero-order chi connectivity index (χ0) is 4.12. The predicted octanol–water partition coefficient (Wildman–Crippen LogP) is -2.46. The van der Waals surface area contributed by atoms with Crippen molar-refractivity contribution in [2.45, 2.75) is 6.42 Å². The van der Waals surface area contributed by atoms with Crippen molar-refractivity contribution in [3.63, 3.8) is 0 Å². The molecule has 0 saturated carbocycles. The van der Waals surface area contributed by atoms with Gasteiger partial charge >= 0.3 is 29.6 Å². The summed E-state index contributed by atoms with van der Waals surface area (Å²) in [6.45, 7) is 0. The molecule has 0 fully saturated rings. The summed E-state index contributed by atoms with van der Waals surface area (Å²) in [4.78, 5) is 0. The third-order valence-corrected chi connectivity index (χ3v) is 0.158. The van der Waals surface area contributed by atoms with Crippen LogP contribution in [0.5, 0.6) is 0 Å². The van der Waals surface area contributed by atoms with E-state index in [0.29, 0.717) is 0 Å². The van der Waals surface area contributed by atoms with E-state index >= 15 is 0 Å². The maximum absolute atomic E-state index is 7.59. The smallest absolute Gasteiger partial charge is 1.00 e. The fourth-order valence-corrected chi connectivity index (χ4v) is 0.0354. The third-order valence-electron chi connectivity index (χ3n) is 0.158. The van der Waals surface area contributed by atoms with E-state index < -0.39 is 0 Å². The maximum Gasteiger partial charge on any atom is 1.00 e. The van der Waals surface area contributed by atoms with Gasteiger partial charge in [-0.3, -0.25) is 0 Å². The molecule has 0 bridgehead atoms. The van der Waals surface area contributed by atoms with Gasteiger partial charge in [-0.1, -0.05) is 0 Å². The molecule has 0 aromatic carbocycles. The van der Waals surface area contributed by atoms with Crippen LogP contribution < -0.4 is 29.6 Å². The van der Waals surface area contributed by atoms with Gasteiger partial charge in [0.05, 0.1) is 12.1 Å². The summed E-state index contributed by atoms with van der Waals surface area (Å²) in [5.74, 6) is 0. The largest absolute Gasteiger partial charge is 1.00 e. The van der Waals surface area contributed by atoms with Crippen molar-refractivity contribution in [3.05, 3.63) is 0 Å². The van der Waals surface area contributed by atoms with E-state index in [-0.39, 0.29) is 37.4 Å². The number of hydrogen-bond donors (Lipinski definition) is 0. The van der Waals surface area contributed by atoms with Crippen molar-refractivity contribution in [2.75, 3.05) is 0 Å². The average molecular weight is 90.1 g/mol. The van der Waals surface area contributed by atoms with E-state index in [4.69, 9.17) is 10.5 Å². The van der Waals surface area contributed by atoms with Gasteiger partial charge in [0.1, 0.15) is 6.42 Å². The molecule has 0 unspecified atom stereocenters. The molecule has 0 radical (unpaired) electrons. The quantitative estimate of drug-likeness (QED) is 0.310. The molecular formula is C3H3N2Na. The van der Waals surface area contributed by atoms with Crippen molar-refractivity contribution < 1.29 is 31.0 Å². The molecule has 0 aliphatic rings. The second kappa shape index (κ2) is 8.88. The Morgan fingerprint density at radius 2 is 1.67 bits per heavy atom. The van der Waals surface area contributed by atoms with E-state index in [9.17, 15) is 0 Å². The van der Waals surface area contributed by atoms with Gasteiger partial charge in [-0.15, -0.1) is 0 Å². The summed E-state index contributed by atoms with van der Waals surface area (Å²) >= 11 is 0. The Hall–Kier alpha value is -0.0200. The molecule has 0 N–H and O–H groups in total. The predicted molar refractivity (Wildman–Crippen MR) is 17.0 cm³/mol. The van der Waals surface area contributed by atoms with Crippen molar-refractivity contribution in [1.82, 2.24) is 0 Å². The third kappa shape index (κ3) is 9.02. The minimum Gasteiger partial charge on any atom is -1.00 e. The van der Waals surface area contributed by atoms with Gasteiger partial charge in [0.25, 0.3) is 0 Å². The first-order valence-electron chi connectivity index (χ1n) is 1.15. The van der Waals surface area contributed by atoms with Crippen LogP contribution in [0, 0.1) is 22.7 Å². The molecule has 0 aromatic heterocycles. The molecule has 2 nitrogen and oxygen atoms in total. The first-order valence-corrected chi connectivity index (χ1v) is 1.15. The van der Waals surface area contributed by atoms with Crippen LogP contribution in [-0.2, 0) is 0 Å². The summed E-state index contributed by atoms with van der Waals surface area (Å²) in [5, 5.41) is 15.2. The molecule has 0 rings (SSSR count). The van der Waals surface area contributed by atoms with Gasteiger partial charge in [-0.05, 0) is 0 Å². The maximum atomic E-state index is 7.59. The fourth-order valence-electron chi connectivity index (χ4n) is 0.0354. The molecule has 26 valence electrons. The van der Waals surface area contributed by atoms with Gasteiger partial charge < -0.3 is 1.43 Å². The SMILES string of the molecule is N#CCC#N.[H-].[Na+]. The van der Waals surface area contributed by atoms with Gasteiger partial charge in [0, 0.05) is 0 Å². The van der Waals surface area contributed by atoms with E-state index in [0.717, 1.165) is 0 Å². The van der Waals surface area contributed by atoms with Crippen LogP contribution in [0.1, 0.15) is 7.85 Å². The normalized spacial score (nSPS) is 3.67. The van der Waals surface area contributed by atoms with Crippen molar-refractivity contribution >= 4 is 0 Å². The van der Waals surface area contributed by atoms with Crippen molar-refractivity contribution in [3.8, 4) is 12.1 Å². The monoisotopic (exact) mass is 90.0 g/mol. The summed E-state index contributed by atoms with van der Waals surface area (Å²) in [7, 11) is 0. The summed E-state index contributed by atoms with van der Waals surface area (Å²) < 4.78 is 0. The van der Waals surface area contributed by atoms with Crippen molar-refractivity contribution in [2.24, 2.45) is 0 Å². The first kappa shape index (κ1) is 9.36. The molecule has 0 aliphatic heterocycles. The zero-order valence-corrected chi connectivity index (χ0v) is 5.60. The van der Waals surface area contributed by atoms with Crippen LogP contribution in [-0.4, -0.2) is 0 Å². The molecule has 0 saturated heterocycles. The average Bonchev–Trinajstić information content (AvgIpc) is 1.41. The molecule has 0 aliphatic carbocycles. The summed E-state index contributed by atoms with van der Waals surface area (Å²) in [5.41, 5.74) is 0. The molecule has 3 heteroatoms. The van der Waals surface area contributed by atoms with E-state index in [1.807, 2.05) is 0 Å². The molecule has 0 aromatic rings.